The van der Waals surface area contributed by atoms with Crippen molar-refractivity contribution in [1.82, 2.24) is 0 Å². The van der Waals surface area contributed by atoms with Crippen molar-refractivity contribution in [2.24, 2.45) is 23.7 Å². The Bertz CT molecular complexity index is 655. The molecule has 0 aliphatic heterocycles. The van der Waals surface area contributed by atoms with E-state index in [1.807, 2.05) is 6.08 Å². The van der Waals surface area contributed by atoms with Crippen LogP contribution in [0, 0.1) is 23.7 Å². The van der Waals surface area contributed by atoms with Crippen LogP contribution in [0.25, 0.3) is 0 Å². The van der Waals surface area contributed by atoms with Gasteiger partial charge in [-0.25, -0.2) is 0 Å². The van der Waals surface area contributed by atoms with Crippen LogP contribution >= 0.6 is 0 Å². The van der Waals surface area contributed by atoms with Crippen LogP contribution in [0.2, 0.25) is 0 Å². The molecule has 0 amide bonds. The molecule has 29 heavy (non-hydrogen) atoms. The van der Waals surface area contributed by atoms with Gasteiger partial charge in [0.1, 0.15) is 11.5 Å². The molecule has 3 nitrogen and oxygen atoms in total. The van der Waals surface area contributed by atoms with Crippen molar-refractivity contribution in [3.05, 3.63) is 36.1 Å². The fourth-order valence-electron chi connectivity index (χ4n) is 5.63. The molecular formula is C26H38O3. The van der Waals surface area contributed by atoms with Gasteiger partial charge in [0.15, 0.2) is 5.78 Å². The molecule has 3 heteroatoms. The highest BCUT2D eigenvalue weighted by Gasteiger charge is 2.37. The van der Waals surface area contributed by atoms with Crippen LogP contribution < -0.4 is 0 Å². The molecule has 0 bridgehead atoms. The normalized spacial score (nSPS) is 28.9. The Labute approximate surface area is 176 Å². The Morgan fingerprint density at radius 1 is 1.07 bits per heavy atom. The third-order valence-corrected chi connectivity index (χ3v) is 7.42. The van der Waals surface area contributed by atoms with Gasteiger partial charge in [-0.1, -0.05) is 44.8 Å². The Kier molecular flexibility index (Phi) is 8.32. The first kappa shape index (κ1) is 22.1. The molecule has 0 spiro atoms. The Hall–Kier alpha value is -1.64. The fraction of sp³-hybridized carbons (Fsp3) is 0.692. The Morgan fingerprint density at radius 2 is 1.86 bits per heavy atom. The molecular weight excluding hydrogens is 360 g/mol. The minimum Gasteiger partial charge on any atom is -0.497 e. The maximum Gasteiger partial charge on any atom is 0.158 e. The van der Waals surface area contributed by atoms with Crippen LogP contribution in [0.15, 0.2) is 36.1 Å². The van der Waals surface area contributed by atoms with Crippen molar-refractivity contribution in [3.8, 4) is 0 Å². The standard InChI is InChI=1S/C26H38O3/c1-19(13-14-20-15-17-22(29-2)18-16-20)25(27)11-6-12-26(28)24-10-5-8-21-7-3-4-9-23(21)24/h15,17-18,20-21,23-24H,1,3-14,16H2,2H3. The second-order valence-electron chi connectivity index (χ2n) is 9.30. The van der Waals surface area contributed by atoms with Crippen LogP contribution in [-0.2, 0) is 14.3 Å². The largest absolute Gasteiger partial charge is 0.497 e. The van der Waals surface area contributed by atoms with Gasteiger partial charge in [-0.3, -0.25) is 9.59 Å². The number of hydrogen-bond donors (Lipinski definition) is 0. The van der Waals surface area contributed by atoms with Gasteiger partial charge in [0.2, 0.25) is 0 Å². The highest BCUT2D eigenvalue weighted by molar-refractivity contribution is 5.95. The predicted octanol–water partition coefficient (Wildman–Crippen LogP) is 6.34. The third kappa shape index (κ3) is 6.17. The molecule has 0 aromatic heterocycles. The lowest BCUT2D eigenvalue weighted by Gasteiger charge is -2.40. The summed E-state index contributed by atoms with van der Waals surface area (Å²) in [5, 5.41) is 0. The first-order valence-corrected chi connectivity index (χ1v) is 11.7. The molecule has 2 saturated carbocycles. The summed E-state index contributed by atoms with van der Waals surface area (Å²) in [6.45, 7) is 4.01. The minimum absolute atomic E-state index is 0.143. The number of methoxy groups -OCH3 is 1. The monoisotopic (exact) mass is 398 g/mol. The maximum absolute atomic E-state index is 12.8. The Balaban J connectivity index is 1.34. The number of rotatable bonds is 10. The summed E-state index contributed by atoms with van der Waals surface area (Å²) in [7, 11) is 1.68. The summed E-state index contributed by atoms with van der Waals surface area (Å²) in [6.07, 6.45) is 19.5. The lowest BCUT2D eigenvalue weighted by molar-refractivity contribution is -0.127. The van der Waals surface area contributed by atoms with E-state index >= 15 is 0 Å². The lowest BCUT2D eigenvalue weighted by Crippen LogP contribution is -2.35. The Morgan fingerprint density at radius 3 is 2.62 bits per heavy atom. The molecule has 0 N–H and O–H groups in total. The van der Waals surface area contributed by atoms with Crippen molar-refractivity contribution in [2.75, 3.05) is 7.11 Å². The van der Waals surface area contributed by atoms with Crippen molar-refractivity contribution in [1.29, 1.82) is 0 Å². The zero-order valence-electron chi connectivity index (χ0n) is 18.2. The van der Waals surface area contributed by atoms with Gasteiger partial charge >= 0.3 is 0 Å². The summed E-state index contributed by atoms with van der Waals surface area (Å²) in [5.41, 5.74) is 0.720. The van der Waals surface area contributed by atoms with Gasteiger partial charge in [-0.15, -0.1) is 0 Å². The van der Waals surface area contributed by atoms with E-state index in [9.17, 15) is 9.59 Å². The molecule has 3 rings (SSSR count). The molecule has 0 heterocycles. The van der Waals surface area contributed by atoms with Crippen molar-refractivity contribution < 1.29 is 14.3 Å². The van der Waals surface area contributed by atoms with Crippen molar-refractivity contribution in [2.45, 2.75) is 83.5 Å². The summed E-state index contributed by atoms with van der Waals surface area (Å²) < 4.78 is 5.21. The predicted molar refractivity (Wildman–Crippen MR) is 117 cm³/mol. The van der Waals surface area contributed by atoms with E-state index in [0.29, 0.717) is 36.9 Å². The molecule has 0 aromatic rings. The molecule has 3 aliphatic carbocycles. The molecule has 3 aliphatic rings. The van der Waals surface area contributed by atoms with E-state index in [0.717, 1.165) is 42.9 Å². The van der Waals surface area contributed by atoms with Gasteiger partial charge in [-0.2, -0.15) is 0 Å². The lowest BCUT2D eigenvalue weighted by atomic mass is 9.64. The first-order valence-electron chi connectivity index (χ1n) is 11.7. The van der Waals surface area contributed by atoms with Crippen LogP contribution in [0.3, 0.4) is 0 Å². The summed E-state index contributed by atoms with van der Waals surface area (Å²) in [5.74, 6) is 3.63. The number of ketones is 2. The number of allylic oxidation sites excluding steroid dienone is 4. The number of hydrogen-bond acceptors (Lipinski definition) is 3. The summed E-state index contributed by atoms with van der Waals surface area (Å²) >= 11 is 0. The van der Waals surface area contributed by atoms with Gasteiger partial charge in [0.25, 0.3) is 0 Å². The smallest absolute Gasteiger partial charge is 0.158 e. The second-order valence-corrected chi connectivity index (χ2v) is 9.30. The van der Waals surface area contributed by atoms with Crippen LogP contribution in [0.4, 0.5) is 0 Å². The van der Waals surface area contributed by atoms with Gasteiger partial charge in [0.05, 0.1) is 7.11 Å². The zero-order chi connectivity index (χ0) is 20.6. The third-order valence-electron chi connectivity index (χ3n) is 7.42. The van der Waals surface area contributed by atoms with Crippen molar-refractivity contribution in [3.63, 3.8) is 0 Å². The van der Waals surface area contributed by atoms with Crippen LogP contribution in [0.1, 0.15) is 83.5 Å². The number of carbonyl (C=O) groups is 2. The quantitative estimate of drug-likeness (QED) is 0.403. The average molecular weight is 399 g/mol. The summed E-state index contributed by atoms with van der Waals surface area (Å²) in [6, 6.07) is 0. The van der Waals surface area contributed by atoms with Gasteiger partial charge in [0, 0.05) is 18.8 Å². The molecule has 0 aromatic carbocycles. The molecule has 0 radical (unpaired) electrons. The number of fused-ring (bicyclic) bond motifs is 1. The molecule has 0 saturated heterocycles. The van der Waals surface area contributed by atoms with E-state index in [4.69, 9.17) is 4.74 Å². The molecule has 4 unspecified atom stereocenters. The van der Waals surface area contributed by atoms with E-state index in [2.05, 4.69) is 18.7 Å². The van der Waals surface area contributed by atoms with Crippen molar-refractivity contribution >= 4 is 11.6 Å². The second kappa shape index (κ2) is 10.9. The van der Waals surface area contributed by atoms with E-state index in [1.165, 1.54) is 38.5 Å². The minimum atomic E-state index is 0.143. The number of Topliss-reactive ketones (excluding diaryl/α,β-unsaturated/α-hetero) is 2. The van der Waals surface area contributed by atoms with E-state index in [-0.39, 0.29) is 11.7 Å². The number of carbonyl (C=O) groups excluding carboxylic acids is 2. The highest BCUT2D eigenvalue weighted by Crippen LogP contribution is 2.44. The van der Waals surface area contributed by atoms with E-state index < -0.39 is 0 Å². The van der Waals surface area contributed by atoms with E-state index in [1.54, 1.807) is 7.11 Å². The molecule has 4 atom stereocenters. The van der Waals surface area contributed by atoms with Crippen LogP contribution in [-0.4, -0.2) is 18.7 Å². The fourth-order valence-corrected chi connectivity index (χ4v) is 5.63. The zero-order valence-corrected chi connectivity index (χ0v) is 18.2. The van der Waals surface area contributed by atoms with Gasteiger partial charge in [-0.05, 0) is 74.0 Å². The number of ether oxygens (including phenoxy) is 1. The van der Waals surface area contributed by atoms with Crippen LogP contribution in [0.5, 0.6) is 0 Å². The first-order chi connectivity index (χ1) is 14.1. The molecule has 2 fully saturated rings. The highest BCUT2D eigenvalue weighted by atomic mass is 16.5. The molecule has 160 valence electrons. The average Bonchev–Trinajstić information content (AvgIpc) is 2.77. The SMILES string of the molecule is C=C(CCC1C=CC(OC)=CC1)C(=O)CCCC(=O)C1CCCC2CCCCC21. The summed E-state index contributed by atoms with van der Waals surface area (Å²) in [4.78, 5) is 25.3. The van der Waals surface area contributed by atoms with Gasteiger partial charge < -0.3 is 4.74 Å². The maximum atomic E-state index is 12.8. The topological polar surface area (TPSA) is 43.4 Å².